The maximum atomic E-state index is 3.73. The number of hydrogen-bond acceptors (Lipinski definition) is 1. The Labute approximate surface area is 140 Å². The normalized spacial score (nSPS) is 22.5. The molecule has 0 saturated carbocycles. The molecule has 0 unspecified atom stereocenters. The Kier molecular flexibility index (Phi) is 12.8. The third-order valence-corrected chi connectivity index (χ3v) is 5.03. The summed E-state index contributed by atoms with van der Waals surface area (Å²) in [6, 6.07) is 1.52. The average Bonchev–Trinajstić information content (AvgIpc) is 2.52. The van der Waals surface area contributed by atoms with E-state index in [0.29, 0.717) is 0 Å². The summed E-state index contributed by atoms with van der Waals surface area (Å²) in [5.41, 5.74) is 0. The number of piperidine rings is 1. The second kappa shape index (κ2) is 14.3. The second-order valence-corrected chi connectivity index (χ2v) is 7.36. The van der Waals surface area contributed by atoms with E-state index >= 15 is 0 Å². The first-order chi connectivity index (χ1) is 10.8. The molecule has 0 amide bonds. The first kappa shape index (κ1) is 19.7. The molecule has 1 heteroatoms. The molecule has 2 atom stereocenters. The van der Waals surface area contributed by atoms with Gasteiger partial charge in [-0.2, -0.15) is 0 Å². The van der Waals surface area contributed by atoms with Crippen molar-refractivity contribution < 1.29 is 0 Å². The van der Waals surface area contributed by atoms with Crippen molar-refractivity contribution in [1.82, 2.24) is 5.32 Å². The van der Waals surface area contributed by atoms with Crippen LogP contribution in [0.3, 0.4) is 0 Å². The van der Waals surface area contributed by atoms with Crippen molar-refractivity contribution in [1.29, 1.82) is 0 Å². The van der Waals surface area contributed by atoms with Crippen LogP contribution in [0.2, 0.25) is 0 Å². The minimum absolute atomic E-state index is 0.740. The van der Waals surface area contributed by atoms with E-state index in [9.17, 15) is 0 Å². The lowest BCUT2D eigenvalue weighted by atomic mass is 9.96. The zero-order valence-corrected chi connectivity index (χ0v) is 15.4. The Morgan fingerprint density at radius 3 is 2.14 bits per heavy atom. The largest absolute Gasteiger partial charge is 0.311 e. The zero-order valence-electron chi connectivity index (χ0n) is 15.4. The first-order valence-corrected chi connectivity index (χ1v) is 10.2. The average molecular weight is 308 g/mol. The summed E-state index contributed by atoms with van der Waals surface area (Å²) < 4.78 is 0. The van der Waals surface area contributed by atoms with Gasteiger partial charge < -0.3 is 5.32 Å². The molecular formula is C21H41N. The molecule has 0 aliphatic carbocycles. The number of unbranched alkanes of at least 4 members (excludes halogenated alkanes) is 9. The molecule has 1 rings (SSSR count). The third kappa shape index (κ3) is 11.3. The first-order valence-electron chi connectivity index (χ1n) is 10.2. The lowest BCUT2D eigenvalue weighted by Gasteiger charge is -2.28. The van der Waals surface area contributed by atoms with Crippen LogP contribution in [0, 0.1) is 0 Å². The van der Waals surface area contributed by atoms with Gasteiger partial charge in [-0.3, -0.25) is 0 Å². The van der Waals surface area contributed by atoms with Crippen molar-refractivity contribution >= 4 is 0 Å². The fourth-order valence-corrected chi connectivity index (χ4v) is 3.57. The van der Waals surface area contributed by atoms with E-state index in [0.717, 1.165) is 12.1 Å². The monoisotopic (exact) mass is 307 g/mol. The van der Waals surface area contributed by atoms with Crippen LogP contribution >= 0.6 is 0 Å². The predicted octanol–water partition coefficient (Wildman–Crippen LogP) is 6.77. The van der Waals surface area contributed by atoms with Crippen molar-refractivity contribution in [2.75, 3.05) is 0 Å². The Hall–Kier alpha value is -0.300. The molecule has 1 saturated heterocycles. The van der Waals surface area contributed by atoms with Crippen LogP contribution in [-0.4, -0.2) is 12.1 Å². The molecule has 0 aromatic rings. The van der Waals surface area contributed by atoms with Gasteiger partial charge in [-0.25, -0.2) is 0 Å². The number of nitrogens with one attached hydrogen (secondary N) is 1. The summed E-state index contributed by atoms with van der Waals surface area (Å²) in [6.07, 6.45) is 25.8. The molecule has 1 aliphatic heterocycles. The fourth-order valence-electron chi connectivity index (χ4n) is 3.57. The summed E-state index contributed by atoms with van der Waals surface area (Å²) >= 11 is 0. The SMILES string of the molecule is CCCCCCCCCCC/C=C\CC[C@H]1CCC[C@H](C)N1. The smallest absolute Gasteiger partial charge is 0.00724 e. The summed E-state index contributed by atoms with van der Waals surface area (Å²) in [6.45, 7) is 4.62. The van der Waals surface area contributed by atoms with Gasteiger partial charge in [0.05, 0.1) is 0 Å². The fraction of sp³-hybridized carbons (Fsp3) is 0.905. The van der Waals surface area contributed by atoms with E-state index in [-0.39, 0.29) is 0 Å². The van der Waals surface area contributed by atoms with E-state index in [1.165, 1.54) is 96.3 Å². The maximum absolute atomic E-state index is 3.73. The van der Waals surface area contributed by atoms with Gasteiger partial charge in [0.1, 0.15) is 0 Å². The maximum Gasteiger partial charge on any atom is 0.00724 e. The van der Waals surface area contributed by atoms with Crippen LogP contribution in [0.1, 0.15) is 110 Å². The van der Waals surface area contributed by atoms with Crippen molar-refractivity contribution in [3.63, 3.8) is 0 Å². The lowest BCUT2D eigenvalue weighted by molar-refractivity contribution is 0.323. The minimum atomic E-state index is 0.740. The lowest BCUT2D eigenvalue weighted by Crippen LogP contribution is -2.40. The topological polar surface area (TPSA) is 12.0 Å². The van der Waals surface area contributed by atoms with Crippen molar-refractivity contribution in [2.45, 2.75) is 122 Å². The van der Waals surface area contributed by atoms with Crippen molar-refractivity contribution in [2.24, 2.45) is 0 Å². The van der Waals surface area contributed by atoms with E-state index in [1.807, 2.05) is 0 Å². The molecule has 0 radical (unpaired) electrons. The Bertz CT molecular complexity index is 259. The molecule has 1 aliphatic rings. The van der Waals surface area contributed by atoms with Gasteiger partial charge in [0, 0.05) is 12.1 Å². The van der Waals surface area contributed by atoms with Crippen LogP contribution in [0.4, 0.5) is 0 Å². The highest BCUT2D eigenvalue weighted by Gasteiger charge is 2.16. The minimum Gasteiger partial charge on any atom is -0.311 e. The van der Waals surface area contributed by atoms with E-state index < -0.39 is 0 Å². The molecule has 0 aromatic heterocycles. The molecule has 1 heterocycles. The van der Waals surface area contributed by atoms with Gasteiger partial charge in [0.2, 0.25) is 0 Å². The van der Waals surface area contributed by atoms with Gasteiger partial charge in [-0.15, -0.1) is 0 Å². The van der Waals surface area contributed by atoms with E-state index in [1.54, 1.807) is 0 Å². The number of allylic oxidation sites excluding steroid dienone is 2. The van der Waals surface area contributed by atoms with Crippen molar-refractivity contribution in [3.05, 3.63) is 12.2 Å². The molecular weight excluding hydrogens is 266 g/mol. The second-order valence-electron chi connectivity index (χ2n) is 7.36. The summed E-state index contributed by atoms with van der Waals surface area (Å²) in [5, 5.41) is 3.73. The highest BCUT2D eigenvalue weighted by Crippen LogP contribution is 2.16. The van der Waals surface area contributed by atoms with Crippen LogP contribution in [-0.2, 0) is 0 Å². The Balaban J connectivity index is 1.80. The van der Waals surface area contributed by atoms with Gasteiger partial charge >= 0.3 is 0 Å². The Morgan fingerprint density at radius 2 is 1.45 bits per heavy atom. The summed E-state index contributed by atoms with van der Waals surface area (Å²) in [7, 11) is 0. The molecule has 0 spiro atoms. The molecule has 22 heavy (non-hydrogen) atoms. The molecule has 1 N–H and O–H groups in total. The summed E-state index contributed by atoms with van der Waals surface area (Å²) in [4.78, 5) is 0. The van der Waals surface area contributed by atoms with Gasteiger partial charge in [0.25, 0.3) is 0 Å². The molecule has 0 bridgehead atoms. The highest BCUT2D eigenvalue weighted by atomic mass is 15.0. The standard InChI is InChI=1S/C21H41N/c1-3-4-5-6-7-8-9-10-11-12-13-14-15-18-21-19-16-17-20(2)22-21/h13-14,20-22H,3-12,15-19H2,1-2H3/b14-13-/t20-,21-/m0/s1. The van der Waals surface area contributed by atoms with Crippen molar-refractivity contribution in [3.8, 4) is 0 Å². The summed E-state index contributed by atoms with van der Waals surface area (Å²) in [5.74, 6) is 0. The van der Waals surface area contributed by atoms with Crippen LogP contribution in [0.15, 0.2) is 12.2 Å². The molecule has 1 nitrogen and oxygen atoms in total. The zero-order chi connectivity index (χ0) is 15.9. The van der Waals surface area contributed by atoms with Gasteiger partial charge in [0.15, 0.2) is 0 Å². The van der Waals surface area contributed by atoms with Gasteiger partial charge in [-0.1, -0.05) is 76.9 Å². The van der Waals surface area contributed by atoms with Crippen LogP contribution in [0.25, 0.3) is 0 Å². The van der Waals surface area contributed by atoms with Gasteiger partial charge in [-0.05, 0) is 45.4 Å². The van der Waals surface area contributed by atoms with Crippen LogP contribution < -0.4 is 5.32 Å². The van der Waals surface area contributed by atoms with Crippen LogP contribution in [0.5, 0.6) is 0 Å². The third-order valence-electron chi connectivity index (χ3n) is 5.03. The highest BCUT2D eigenvalue weighted by molar-refractivity contribution is 4.85. The predicted molar refractivity (Wildman–Crippen MR) is 100 cm³/mol. The van der Waals surface area contributed by atoms with E-state index in [4.69, 9.17) is 0 Å². The van der Waals surface area contributed by atoms with E-state index in [2.05, 4.69) is 31.3 Å². The molecule has 1 fully saturated rings. The quantitative estimate of drug-likeness (QED) is 0.292. The number of rotatable bonds is 13. The number of hydrogen-bond donors (Lipinski definition) is 1. The Morgan fingerprint density at radius 1 is 0.818 bits per heavy atom. The molecule has 0 aromatic carbocycles. The molecule has 130 valence electrons.